The van der Waals surface area contributed by atoms with Crippen molar-refractivity contribution in [3.8, 4) is 0 Å². The van der Waals surface area contributed by atoms with E-state index in [9.17, 15) is 4.79 Å². The van der Waals surface area contributed by atoms with Crippen LogP contribution in [0.2, 0.25) is 5.02 Å². The zero-order chi connectivity index (χ0) is 12.0. The zero-order valence-corrected chi connectivity index (χ0v) is 10.2. The molecule has 0 bridgehead atoms. The minimum atomic E-state index is -0.108. The van der Waals surface area contributed by atoms with Gasteiger partial charge in [0, 0.05) is 23.7 Å². The number of nitrogens with zero attached hydrogens (tertiary/aromatic N) is 2. The zero-order valence-electron chi connectivity index (χ0n) is 9.48. The maximum atomic E-state index is 11.7. The number of hydrazone groups is 1. The fraction of sp³-hybridized carbons (Fsp3) is 0.333. The first kappa shape index (κ1) is 12.7. The molecule has 1 rings (SSSR count). The lowest BCUT2D eigenvalue weighted by atomic mass is 10.1. The van der Waals surface area contributed by atoms with E-state index < -0.39 is 0 Å². The average molecular weight is 239 g/mol. The van der Waals surface area contributed by atoms with Gasteiger partial charge in [0.25, 0.3) is 0 Å². The molecule has 0 aromatic heterocycles. The van der Waals surface area contributed by atoms with Crippen LogP contribution in [0.15, 0.2) is 29.4 Å². The average Bonchev–Trinajstić information content (AvgIpc) is 2.31. The van der Waals surface area contributed by atoms with Gasteiger partial charge in [-0.15, -0.1) is 0 Å². The highest BCUT2D eigenvalue weighted by Gasteiger charge is 2.02. The molecule has 0 amide bonds. The Morgan fingerprint density at radius 1 is 1.31 bits per heavy atom. The number of hydrogen-bond acceptors (Lipinski definition) is 3. The van der Waals surface area contributed by atoms with Crippen molar-refractivity contribution >= 4 is 23.6 Å². The summed E-state index contributed by atoms with van der Waals surface area (Å²) < 4.78 is 0. The van der Waals surface area contributed by atoms with E-state index in [0.29, 0.717) is 10.6 Å². The fourth-order valence-electron chi connectivity index (χ4n) is 1.21. The molecule has 0 atom stereocenters. The largest absolute Gasteiger partial charge is 0.297 e. The first-order chi connectivity index (χ1) is 7.67. The summed E-state index contributed by atoms with van der Waals surface area (Å²) in [5.74, 6) is -0.108. The lowest BCUT2D eigenvalue weighted by Gasteiger charge is -2.12. The first-order valence-corrected chi connectivity index (χ1v) is 5.64. The van der Waals surface area contributed by atoms with Crippen LogP contribution in [0.5, 0.6) is 0 Å². The second-order valence-corrected chi connectivity index (χ2v) is 3.69. The maximum Gasteiger partial charge on any atom is 0.205 e. The van der Waals surface area contributed by atoms with E-state index in [1.807, 2.05) is 18.9 Å². The van der Waals surface area contributed by atoms with Crippen LogP contribution in [-0.2, 0) is 0 Å². The van der Waals surface area contributed by atoms with Crippen LogP contribution in [-0.4, -0.2) is 30.1 Å². The SMILES string of the molecule is CCN(CC)N=CC(=O)c1ccc(Cl)cc1. The molecule has 0 fully saturated rings. The highest BCUT2D eigenvalue weighted by Crippen LogP contribution is 2.09. The van der Waals surface area contributed by atoms with Crippen LogP contribution < -0.4 is 0 Å². The monoisotopic (exact) mass is 238 g/mol. The fourth-order valence-corrected chi connectivity index (χ4v) is 1.34. The Morgan fingerprint density at radius 3 is 2.38 bits per heavy atom. The summed E-state index contributed by atoms with van der Waals surface area (Å²) in [5.41, 5.74) is 0.598. The number of ketones is 1. The number of halogens is 1. The van der Waals surface area contributed by atoms with Crippen LogP contribution in [0.1, 0.15) is 24.2 Å². The minimum Gasteiger partial charge on any atom is -0.297 e. The van der Waals surface area contributed by atoms with Gasteiger partial charge in [-0.05, 0) is 38.1 Å². The van der Waals surface area contributed by atoms with E-state index in [1.54, 1.807) is 24.3 Å². The standard InChI is InChI=1S/C12H15ClN2O/c1-3-15(4-2)14-9-12(16)10-5-7-11(13)8-6-10/h5-9H,3-4H2,1-2H3. The summed E-state index contributed by atoms with van der Waals surface area (Å²) >= 11 is 5.74. The van der Waals surface area contributed by atoms with Crippen LogP contribution in [0, 0.1) is 0 Å². The lowest BCUT2D eigenvalue weighted by molar-refractivity contribution is 0.106. The molecule has 0 unspecified atom stereocenters. The summed E-state index contributed by atoms with van der Waals surface area (Å²) in [6, 6.07) is 6.78. The van der Waals surface area contributed by atoms with Crippen molar-refractivity contribution in [2.75, 3.05) is 13.1 Å². The summed E-state index contributed by atoms with van der Waals surface area (Å²) in [5, 5.41) is 6.52. The van der Waals surface area contributed by atoms with E-state index in [4.69, 9.17) is 11.6 Å². The normalized spacial score (nSPS) is 10.7. The number of carbonyl (C=O) groups is 1. The quantitative estimate of drug-likeness (QED) is 0.449. The lowest BCUT2D eigenvalue weighted by Crippen LogP contribution is -2.17. The predicted octanol–water partition coefficient (Wildman–Crippen LogP) is 2.85. The molecule has 0 aliphatic rings. The molecule has 0 spiro atoms. The predicted molar refractivity (Wildman–Crippen MR) is 67.2 cm³/mol. The van der Waals surface area contributed by atoms with Gasteiger partial charge in [-0.1, -0.05) is 11.6 Å². The molecule has 1 aromatic carbocycles. The smallest absolute Gasteiger partial charge is 0.205 e. The molecular weight excluding hydrogens is 224 g/mol. The third kappa shape index (κ3) is 3.66. The van der Waals surface area contributed by atoms with E-state index in [0.717, 1.165) is 13.1 Å². The van der Waals surface area contributed by atoms with E-state index in [1.165, 1.54) is 6.21 Å². The van der Waals surface area contributed by atoms with Gasteiger partial charge in [0.15, 0.2) is 0 Å². The Bertz CT molecular complexity index is 369. The van der Waals surface area contributed by atoms with E-state index in [2.05, 4.69) is 5.10 Å². The summed E-state index contributed by atoms with van der Waals surface area (Å²) in [6.07, 6.45) is 1.34. The molecule has 0 N–H and O–H groups in total. The van der Waals surface area contributed by atoms with Gasteiger partial charge >= 0.3 is 0 Å². The second kappa shape index (κ2) is 6.28. The van der Waals surface area contributed by atoms with Crippen molar-refractivity contribution in [1.29, 1.82) is 0 Å². The summed E-state index contributed by atoms with van der Waals surface area (Å²) in [4.78, 5) is 11.7. The Morgan fingerprint density at radius 2 is 1.88 bits per heavy atom. The topological polar surface area (TPSA) is 32.7 Å². The van der Waals surface area contributed by atoms with Gasteiger partial charge < -0.3 is 0 Å². The van der Waals surface area contributed by atoms with E-state index >= 15 is 0 Å². The van der Waals surface area contributed by atoms with Crippen LogP contribution in [0.4, 0.5) is 0 Å². The summed E-state index contributed by atoms with van der Waals surface area (Å²) in [7, 11) is 0. The molecule has 1 aromatic rings. The molecule has 4 heteroatoms. The molecule has 0 saturated carbocycles. The van der Waals surface area contributed by atoms with Gasteiger partial charge in [0.05, 0.1) is 6.21 Å². The number of benzene rings is 1. The number of Topliss-reactive ketones (excluding diaryl/α,β-unsaturated/α-hetero) is 1. The molecule has 0 aliphatic heterocycles. The van der Waals surface area contributed by atoms with Crippen molar-refractivity contribution in [2.45, 2.75) is 13.8 Å². The van der Waals surface area contributed by atoms with Gasteiger partial charge in [0.1, 0.15) is 0 Å². The van der Waals surface area contributed by atoms with Gasteiger partial charge in [-0.3, -0.25) is 9.80 Å². The van der Waals surface area contributed by atoms with Gasteiger partial charge in [-0.2, -0.15) is 5.10 Å². The first-order valence-electron chi connectivity index (χ1n) is 5.26. The van der Waals surface area contributed by atoms with Crippen molar-refractivity contribution in [3.63, 3.8) is 0 Å². The van der Waals surface area contributed by atoms with Crippen LogP contribution in [0.25, 0.3) is 0 Å². The molecule has 0 aliphatic carbocycles. The van der Waals surface area contributed by atoms with E-state index in [-0.39, 0.29) is 5.78 Å². The highest BCUT2D eigenvalue weighted by molar-refractivity contribution is 6.35. The van der Waals surface area contributed by atoms with Gasteiger partial charge in [-0.25, -0.2) is 0 Å². The third-order valence-corrected chi connectivity index (χ3v) is 2.45. The Balaban J connectivity index is 2.68. The molecular formula is C12H15ClN2O. The van der Waals surface area contributed by atoms with Crippen molar-refractivity contribution in [2.24, 2.45) is 5.10 Å². The molecule has 86 valence electrons. The van der Waals surface area contributed by atoms with Gasteiger partial charge in [0.2, 0.25) is 5.78 Å². The minimum absolute atomic E-state index is 0.108. The Hall–Kier alpha value is -1.35. The maximum absolute atomic E-state index is 11.7. The van der Waals surface area contributed by atoms with Crippen LogP contribution in [0.3, 0.4) is 0 Å². The summed E-state index contributed by atoms with van der Waals surface area (Å²) in [6.45, 7) is 5.57. The molecule has 16 heavy (non-hydrogen) atoms. The number of rotatable bonds is 5. The molecule has 0 saturated heterocycles. The Kier molecular flexibility index (Phi) is 4.99. The molecule has 0 heterocycles. The van der Waals surface area contributed by atoms with Crippen LogP contribution >= 0.6 is 11.6 Å². The third-order valence-electron chi connectivity index (χ3n) is 2.20. The molecule has 0 radical (unpaired) electrons. The van der Waals surface area contributed by atoms with Crippen molar-refractivity contribution in [1.82, 2.24) is 5.01 Å². The van der Waals surface area contributed by atoms with Crippen molar-refractivity contribution in [3.05, 3.63) is 34.9 Å². The number of carbonyl (C=O) groups excluding carboxylic acids is 1. The number of hydrogen-bond donors (Lipinski definition) is 0. The second-order valence-electron chi connectivity index (χ2n) is 3.25. The van der Waals surface area contributed by atoms with Crippen molar-refractivity contribution < 1.29 is 4.79 Å². The molecule has 3 nitrogen and oxygen atoms in total. The highest BCUT2D eigenvalue weighted by atomic mass is 35.5. The Labute approximate surface area is 101 Å².